The molecule has 0 aliphatic rings. The van der Waals surface area contributed by atoms with Crippen molar-refractivity contribution in [2.24, 2.45) is 0 Å². The average Bonchev–Trinajstić information content (AvgIpc) is 2.81. The molecule has 1 unspecified atom stereocenters. The van der Waals surface area contributed by atoms with Crippen molar-refractivity contribution >= 4 is 62.7 Å². The Kier molecular flexibility index (Phi) is 7.45. The summed E-state index contributed by atoms with van der Waals surface area (Å²) in [6.45, 7) is 0.802. The number of nitrogens with zero attached hydrogens (tertiary/aromatic N) is 2. The van der Waals surface area contributed by atoms with E-state index in [1.807, 2.05) is 0 Å². The van der Waals surface area contributed by atoms with Gasteiger partial charge in [0, 0.05) is 11.4 Å². The Morgan fingerprint density at radius 2 is 1.71 bits per heavy atom. The Morgan fingerprint density at radius 3 is 2.41 bits per heavy atom. The van der Waals surface area contributed by atoms with Crippen LogP contribution < -0.4 is 20.7 Å². The Balaban J connectivity index is 1.43. The van der Waals surface area contributed by atoms with Gasteiger partial charge in [0.2, 0.25) is 0 Å². The standard InChI is InChI=1S/C23H19AsClF2N5O2/c24-7-8-28-22-12-29-19-5-3-15(11-20(19)32-22)34-21-6-2-14(10-18(21)27)31-23(33)30-13-1-4-16(25)17(26)9-13/h1-6,9-12H,7-8,24H2,(H,28,32)(H2,30,31,33). The van der Waals surface area contributed by atoms with Gasteiger partial charge in [-0.3, -0.25) is 0 Å². The van der Waals surface area contributed by atoms with Crippen molar-refractivity contribution in [3.8, 4) is 11.5 Å². The molecule has 0 saturated heterocycles. The van der Waals surface area contributed by atoms with Crippen molar-refractivity contribution in [2.75, 3.05) is 22.5 Å². The number of aromatic nitrogens is 2. The molecule has 3 aromatic carbocycles. The maximum absolute atomic E-state index is 14.6. The van der Waals surface area contributed by atoms with E-state index in [0.717, 1.165) is 23.9 Å². The third-order valence-corrected chi connectivity index (χ3v) is 5.47. The normalized spacial score (nSPS) is 10.7. The van der Waals surface area contributed by atoms with Crippen LogP contribution in [-0.4, -0.2) is 39.4 Å². The van der Waals surface area contributed by atoms with Crippen molar-refractivity contribution in [1.29, 1.82) is 0 Å². The van der Waals surface area contributed by atoms with E-state index < -0.39 is 17.7 Å². The number of amides is 2. The molecule has 0 saturated carbocycles. The van der Waals surface area contributed by atoms with Gasteiger partial charge in [-0.1, -0.05) is 11.6 Å². The number of hydrogen-bond acceptors (Lipinski definition) is 5. The number of urea groups is 1. The molecule has 1 aromatic heterocycles. The summed E-state index contributed by atoms with van der Waals surface area (Å²) in [6, 6.07) is 12.2. The molecule has 0 radical (unpaired) electrons. The van der Waals surface area contributed by atoms with E-state index in [1.54, 1.807) is 41.2 Å². The zero-order valence-corrected chi connectivity index (χ0v) is 20.8. The fraction of sp³-hybridized carbons (Fsp3) is 0.0870. The molecule has 174 valence electrons. The second kappa shape index (κ2) is 10.7. The van der Waals surface area contributed by atoms with Crippen LogP contribution in [0.5, 0.6) is 11.5 Å². The summed E-state index contributed by atoms with van der Waals surface area (Å²) in [4.78, 5) is 21.0. The molecule has 2 amide bonds. The second-order valence-electron chi connectivity index (χ2n) is 7.08. The zero-order chi connectivity index (χ0) is 24.1. The molecule has 11 heteroatoms. The van der Waals surface area contributed by atoms with Gasteiger partial charge in [-0.05, 0) is 18.2 Å². The van der Waals surface area contributed by atoms with E-state index in [-0.39, 0.29) is 22.1 Å². The molecule has 34 heavy (non-hydrogen) atoms. The number of nitrogens with one attached hydrogen (secondary N) is 3. The SMILES string of the molecule is O=C(Nc1ccc(Cl)c(F)c1)Nc1ccc(Oc2ccc3ncc(NCC[AsH2])nc3c2)c(F)c1. The summed E-state index contributed by atoms with van der Waals surface area (Å²) in [6.07, 6.45) is 1.66. The summed E-state index contributed by atoms with van der Waals surface area (Å²) < 4.78 is 33.8. The van der Waals surface area contributed by atoms with Crippen LogP contribution >= 0.6 is 11.6 Å². The molecular weight excluding hydrogens is 527 g/mol. The second-order valence-corrected chi connectivity index (χ2v) is 8.70. The fourth-order valence-corrected chi connectivity index (χ4v) is 3.42. The first-order chi connectivity index (χ1) is 16.4. The van der Waals surface area contributed by atoms with Crippen LogP contribution in [-0.2, 0) is 0 Å². The van der Waals surface area contributed by atoms with Crippen LogP contribution in [0.25, 0.3) is 11.0 Å². The van der Waals surface area contributed by atoms with Gasteiger partial charge >= 0.3 is 136 Å². The Morgan fingerprint density at radius 1 is 0.971 bits per heavy atom. The molecule has 0 fully saturated rings. The molecule has 0 bridgehead atoms. The first-order valence-electron chi connectivity index (χ1n) is 10.1. The van der Waals surface area contributed by atoms with Crippen LogP contribution in [0.1, 0.15) is 0 Å². The Hall–Kier alpha value is -3.42. The van der Waals surface area contributed by atoms with Crippen molar-refractivity contribution in [3.05, 3.63) is 77.5 Å². The van der Waals surface area contributed by atoms with E-state index in [0.29, 0.717) is 22.6 Å². The van der Waals surface area contributed by atoms with Crippen LogP contribution in [0, 0.1) is 11.6 Å². The number of hydrogen-bond donors (Lipinski definition) is 3. The quantitative estimate of drug-likeness (QED) is 0.268. The summed E-state index contributed by atoms with van der Waals surface area (Å²) in [5, 5.41) is 9.07. The number of anilines is 3. The van der Waals surface area contributed by atoms with E-state index >= 15 is 0 Å². The number of benzene rings is 3. The molecule has 1 heterocycles. The number of rotatable bonds is 7. The summed E-state index contributed by atoms with van der Waals surface area (Å²) in [7, 11) is 0. The van der Waals surface area contributed by atoms with Gasteiger partial charge in [-0.2, -0.15) is 0 Å². The molecule has 1 atom stereocenters. The Bertz CT molecular complexity index is 1360. The molecule has 4 aromatic rings. The Labute approximate surface area is 207 Å². The van der Waals surface area contributed by atoms with Gasteiger partial charge in [0.1, 0.15) is 5.82 Å². The predicted octanol–water partition coefficient (Wildman–Crippen LogP) is 5.46. The third-order valence-electron chi connectivity index (χ3n) is 4.56. The van der Waals surface area contributed by atoms with Crippen molar-refractivity contribution in [2.45, 2.75) is 5.21 Å². The summed E-state index contributed by atoms with van der Waals surface area (Å²) in [5.74, 6) is -0.327. The average molecular weight is 546 g/mol. The maximum atomic E-state index is 14.6. The predicted molar refractivity (Wildman–Crippen MR) is 132 cm³/mol. The van der Waals surface area contributed by atoms with E-state index in [4.69, 9.17) is 16.3 Å². The van der Waals surface area contributed by atoms with Gasteiger partial charge < -0.3 is 10.6 Å². The minimum absolute atomic E-state index is 0.0273. The van der Waals surface area contributed by atoms with Crippen molar-refractivity contribution in [1.82, 2.24) is 9.97 Å². The summed E-state index contributed by atoms with van der Waals surface area (Å²) >= 11 is 7.25. The molecule has 3 N–H and O–H groups in total. The first-order valence-corrected chi connectivity index (χ1v) is 12.2. The topological polar surface area (TPSA) is 88.2 Å². The van der Waals surface area contributed by atoms with E-state index in [1.165, 1.54) is 24.3 Å². The number of halogens is 3. The summed E-state index contributed by atoms with van der Waals surface area (Å²) in [5.41, 5.74) is 1.69. The van der Waals surface area contributed by atoms with Gasteiger partial charge in [0.15, 0.2) is 0 Å². The van der Waals surface area contributed by atoms with E-state index in [2.05, 4.69) is 25.9 Å². The fourth-order valence-electron chi connectivity index (χ4n) is 3.00. The number of ether oxygens (including phenoxy) is 1. The number of carbonyl (C=O) groups excluding carboxylic acids is 1. The zero-order valence-electron chi connectivity index (χ0n) is 17.6. The van der Waals surface area contributed by atoms with Crippen LogP contribution in [0.3, 0.4) is 0 Å². The number of fused-ring (bicyclic) bond motifs is 1. The van der Waals surface area contributed by atoms with Gasteiger partial charge in [0.05, 0.1) is 5.02 Å². The van der Waals surface area contributed by atoms with Crippen LogP contribution in [0.4, 0.5) is 30.8 Å². The van der Waals surface area contributed by atoms with Gasteiger partial charge in [0.25, 0.3) is 0 Å². The molecule has 0 aliphatic heterocycles. The number of carbonyl (C=O) groups is 1. The third kappa shape index (κ3) is 5.92. The molecule has 4 rings (SSSR count). The van der Waals surface area contributed by atoms with Crippen molar-refractivity contribution in [3.63, 3.8) is 0 Å². The van der Waals surface area contributed by atoms with E-state index in [9.17, 15) is 13.6 Å². The van der Waals surface area contributed by atoms with Gasteiger partial charge in [-0.15, -0.1) is 0 Å². The molecular formula is C23H19AsClF2N5O2. The van der Waals surface area contributed by atoms with Crippen molar-refractivity contribution < 1.29 is 18.3 Å². The molecule has 0 aliphatic carbocycles. The molecule has 0 spiro atoms. The van der Waals surface area contributed by atoms with Crippen LogP contribution in [0.15, 0.2) is 60.8 Å². The monoisotopic (exact) mass is 545 g/mol. The molecule has 7 nitrogen and oxygen atoms in total. The van der Waals surface area contributed by atoms with Gasteiger partial charge in [-0.25, -0.2) is 9.18 Å². The first kappa shape index (κ1) is 23.7. The van der Waals surface area contributed by atoms with Crippen LogP contribution in [0.2, 0.25) is 10.2 Å². The minimum atomic E-state index is -0.679.